The highest BCUT2D eigenvalue weighted by Gasteiger charge is 2.08. The molecular weight excluding hydrogens is 345 g/mol. The van der Waals surface area contributed by atoms with E-state index in [2.05, 4.69) is 15.6 Å². The van der Waals surface area contributed by atoms with Crippen LogP contribution in [0, 0.1) is 5.82 Å². The number of ether oxygens (including phenoxy) is 1. The van der Waals surface area contributed by atoms with Crippen LogP contribution in [-0.4, -0.2) is 24.5 Å². The molecule has 0 aliphatic carbocycles. The third-order valence-electron chi connectivity index (χ3n) is 4.02. The van der Waals surface area contributed by atoms with Gasteiger partial charge in [-0.05, 0) is 48.4 Å². The van der Waals surface area contributed by atoms with E-state index in [1.807, 2.05) is 24.3 Å². The van der Waals surface area contributed by atoms with E-state index in [-0.39, 0.29) is 11.7 Å². The summed E-state index contributed by atoms with van der Waals surface area (Å²) in [7, 11) is 1.61. The van der Waals surface area contributed by atoms with Crippen molar-refractivity contribution in [3.05, 3.63) is 83.9 Å². The summed E-state index contributed by atoms with van der Waals surface area (Å²) in [5, 5.41) is 5.98. The van der Waals surface area contributed by atoms with Crippen molar-refractivity contribution >= 4 is 17.3 Å². The van der Waals surface area contributed by atoms with Crippen molar-refractivity contribution in [1.29, 1.82) is 0 Å². The van der Waals surface area contributed by atoms with Crippen LogP contribution in [0.1, 0.15) is 15.9 Å². The van der Waals surface area contributed by atoms with Gasteiger partial charge in [0.15, 0.2) is 0 Å². The standard InChI is InChI=1S/C21H20FN3O2/c1-27-19-8-6-17(7-9-19)25-18-12-16(13-23-14-18)21(26)24-11-10-15-4-2-3-5-20(15)22/h2-9,12-14,25H,10-11H2,1H3,(H,24,26). The summed E-state index contributed by atoms with van der Waals surface area (Å²) in [6, 6.07) is 15.7. The maximum atomic E-state index is 13.6. The molecule has 3 rings (SSSR count). The van der Waals surface area contributed by atoms with Gasteiger partial charge in [-0.3, -0.25) is 9.78 Å². The zero-order valence-electron chi connectivity index (χ0n) is 14.9. The lowest BCUT2D eigenvalue weighted by Gasteiger charge is -2.09. The van der Waals surface area contributed by atoms with Crippen LogP contribution in [-0.2, 0) is 6.42 Å². The molecule has 0 atom stereocenters. The van der Waals surface area contributed by atoms with Crippen molar-refractivity contribution in [1.82, 2.24) is 10.3 Å². The number of amides is 1. The average Bonchev–Trinajstić information content (AvgIpc) is 2.70. The van der Waals surface area contributed by atoms with Gasteiger partial charge in [0.05, 0.1) is 24.6 Å². The fourth-order valence-electron chi connectivity index (χ4n) is 2.59. The van der Waals surface area contributed by atoms with Crippen LogP contribution in [0.4, 0.5) is 15.8 Å². The zero-order chi connectivity index (χ0) is 19.1. The number of carbonyl (C=O) groups excluding carboxylic acids is 1. The van der Waals surface area contributed by atoms with Crippen molar-refractivity contribution in [3.8, 4) is 5.75 Å². The maximum absolute atomic E-state index is 13.6. The second kappa shape index (κ2) is 8.80. The van der Waals surface area contributed by atoms with Gasteiger partial charge in [0.2, 0.25) is 0 Å². The van der Waals surface area contributed by atoms with Gasteiger partial charge in [-0.15, -0.1) is 0 Å². The van der Waals surface area contributed by atoms with Crippen LogP contribution < -0.4 is 15.4 Å². The first-order chi connectivity index (χ1) is 13.2. The number of carbonyl (C=O) groups is 1. The highest BCUT2D eigenvalue weighted by Crippen LogP contribution is 2.20. The number of hydrogen-bond donors (Lipinski definition) is 2. The van der Waals surface area contributed by atoms with Gasteiger partial charge in [0.1, 0.15) is 11.6 Å². The molecule has 0 aliphatic rings. The lowest BCUT2D eigenvalue weighted by molar-refractivity contribution is 0.0953. The lowest BCUT2D eigenvalue weighted by atomic mass is 10.1. The van der Waals surface area contributed by atoms with E-state index in [0.29, 0.717) is 29.8 Å². The number of halogens is 1. The summed E-state index contributed by atoms with van der Waals surface area (Å²) >= 11 is 0. The Kier molecular flexibility index (Phi) is 5.99. The van der Waals surface area contributed by atoms with E-state index in [1.54, 1.807) is 37.6 Å². The second-order valence-electron chi connectivity index (χ2n) is 5.91. The molecule has 0 spiro atoms. The first-order valence-electron chi connectivity index (χ1n) is 8.53. The van der Waals surface area contributed by atoms with Gasteiger partial charge in [-0.25, -0.2) is 4.39 Å². The number of nitrogens with one attached hydrogen (secondary N) is 2. The molecule has 1 amide bonds. The SMILES string of the molecule is COc1ccc(Nc2cncc(C(=O)NCCc3ccccc3F)c2)cc1. The lowest BCUT2D eigenvalue weighted by Crippen LogP contribution is -2.26. The Morgan fingerprint density at radius 1 is 1.07 bits per heavy atom. The van der Waals surface area contributed by atoms with Crippen molar-refractivity contribution < 1.29 is 13.9 Å². The summed E-state index contributed by atoms with van der Waals surface area (Å²) in [5.41, 5.74) is 2.56. The summed E-state index contributed by atoms with van der Waals surface area (Å²) < 4.78 is 18.7. The largest absolute Gasteiger partial charge is 0.497 e. The molecule has 0 saturated heterocycles. The van der Waals surface area contributed by atoms with Crippen LogP contribution in [0.5, 0.6) is 5.75 Å². The van der Waals surface area contributed by atoms with E-state index in [0.717, 1.165) is 11.4 Å². The molecule has 1 heterocycles. The minimum Gasteiger partial charge on any atom is -0.497 e. The molecule has 2 N–H and O–H groups in total. The predicted octanol–water partition coefficient (Wildman–Crippen LogP) is 3.95. The normalized spacial score (nSPS) is 10.3. The van der Waals surface area contributed by atoms with E-state index in [4.69, 9.17) is 4.74 Å². The van der Waals surface area contributed by atoms with Crippen molar-refractivity contribution in [2.75, 3.05) is 19.0 Å². The smallest absolute Gasteiger partial charge is 0.252 e. The molecule has 1 aromatic heterocycles. The summed E-state index contributed by atoms with van der Waals surface area (Å²) in [4.78, 5) is 16.4. The van der Waals surface area contributed by atoms with E-state index in [1.165, 1.54) is 12.3 Å². The van der Waals surface area contributed by atoms with E-state index in [9.17, 15) is 9.18 Å². The van der Waals surface area contributed by atoms with Gasteiger partial charge >= 0.3 is 0 Å². The highest BCUT2D eigenvalue weighted by atomic mass is 19.1. The second-order valence-corrected chi connectivity index (χ2v) is 5.91. The molecule has 0 bridgehead atoms. The van der Waals surface area contributed by atoms with Crippen molar-refractivity contribution in [2.24, 2.45) is 0 Å². The molecule has 0 saturated carbocycles. The number of benzene rings is 2. The van der Waals surface area contributed by atoms with Crippen LogP contribution in [0.25, 0.3) is 0 Å². The minimum atomic E-state index is -0.265. The molecule has 27 heavy (non-hydrogen) atoms. The molecule has 0 radical (unpaired) electrons. The van der Waals surface area contributed by atoms with Crippen molar-refractivity contribution in [3.63, 3.8) is 0 Å². The van der Waals surface area contributed by atoms with Gasteiger partial charge in [-0.2, -0.15) is 0 Å². The Morgan fingerprint density at radius 2 is 1.85 bits per heavy atom. The first kappa shape index (κ1) is 18.4. The Balaban J connectivity index is 1.58. The van der Waals surface area contributed by atoms with Crippen LogP contribution in [0.2, 0.25) is 0 Å². The first-order valence-corrected chi connectivity index (χ1v) is 8.53. The molecule has 0 unspecified atom stereocenters. The number of aromatic nitrogens is 1. The monoisotopic (exact) mass is 365 g/mol. The Morgan fingerprint density at radius 3 is 2.59 bits per heavy atom. The molecule has 3 aromatic rings. The fourth-order valence-corrected chi connectivity index (χ4v) is 2.59. The average molecular weight is 365 g/mol. The summed E-state index contributed by atoms with van der Waals surface area (Å²) in [6.45, 7) is 0.343. The number of pyridine rings is 1. The maximum Gasteiger partial charge on any atom is 0.252 e. The molecule has 5 nitrogen and oxygen atoms in total. The molecule has 0 aliphatic heterocycles. The number of hydrogen-bond acceptors (Lipinski definition) is 4. The number of methoxy groups -OCH3 is 1. The zero-order valence-corrected chi connectivity index (χ0v) is 14.9. The fraction of sp³-hybridized carbons (Fsp3) is 0.143. The summed E-state index contributed by atoms with van der Waals surface area (Å²) in [5.74, 6) is 0.248. The molecule has 2 aromatic carbocycles. The number of nitrogens with zero attached hydrogens (tertiary/aromatic N) is 1. The molecule has 6 heteroatoms. The van der Waals surface area contributed by atoms with Gasteiger partial charge in [-0.1, -0.05) is 18.2 Å². The molecular formula is C21H20FN3O2. The minimum absolute atomic E-state index is 0.253. The predicted molar refractivity (Wildman–Crippen MR) is 103 cm³/mol. The third-order valence-corrected chi connectivity index (χ3v) is 4.02. The number of rotatable bonds is 7. The van der Waals surface area contributed by atoms with Crippen LogP contribution in [0.3, 0.4) is 0 Å². The number of anilines is 2. The highest BCUT2D eigenvalue weighted by molar-refractivity contribution is 5.94. The molecule has 0 fully saturated rings. The van der Waals surface area contributed by atoms with Crippen LogP contribution >= 0.6 is 0 Å². The molecule has 138 valence electrons. The third kappa shape index (κ3) is 5.04. The van der Waals surface area contributed by atoms with Gasteiger partial charge in [0.25, 0.3) is 5.91 Å². The van der Waals surface area contributed by atoms with E-state index >= 15 is 0 Å². The summed E-state index contributed by atoms with van der Waals surface area (Å²) in [6.07, 6.45) is 3.56. The van der Waals surface area contributed by atoms with Crippen molar-refractivity contribution in [2.45, 2.75) is 6.42 Å². The van der Waals surface area contributed by atoms with Gasteiger partial charge in [0, 0.05) is 18.4 Å². The Bertz CT molecular complexity index is 913. The Labute approximate surface area is 157 Å². The quantitative estimate of drug-likeness (QED) is 0.666. The van der Waals surface area contributed by atoms with E-state index < -0.39 is 0 Å². The van der Waals surface area contributed by atoms with Crippen LogP contribution in [0.15, 0.2) is 67.0 Å². The Hall–Kier alpha value is -3.41. The van der Waals surface area contributed by atoms with Gasteiger partial charge < -0.3 is 15.4 Å². The topological polar surface area (TPSA) is 63.2 Å².